The van der Waals surface area contributed by atoms with Crippen LogP contribution < -0.4 is 5.32 Å². The minimum atomic E-state index is -1.14. The van der Waals surface area contributed by atoms with Crippen LogP contribution in [0.5, 0.6) is 0 Å². The Morgan fingerprint density at radius 1 is 1.44 bits per heavy atom. The number of aromatic nitrogens is 1. The summed E-state index contributed by atoms with van der Waals surface area (Å²) < 4.78 is 0. The number of rotatable bonds is 3. The minimum absolute atomic E-state index is 0.0828. The number of nitrogens with one attached hydrogen (secondary N) is 1. The quantitative estimate of drug-likeness (QED) is 0.874. The Labute approximate surface area is 109 Å². The highest BCUT2D eigenvalue weighted by Crippen LogP contribution is 2.26. The summed E-state index contributed by atoms with van der Waals surface area (Å²) in [5, 5.41) is 11.5. The Morgan fingerprint density at radius 2 is 2.28 bits per heavy atom. The van der Waals surface area contributed by atoms with E-state index in [0.717, 1.165) is 25.0 Å². The van der Waals surface area contributed by atoms with E-state index < -0.39 is 5.97 Å². The molecular weight excluding hydrogens is 252 g/mol. The Kier molecular flexibility index (Phi) is 4.19. The Bertz CT molecular complexity index is 458. The molecule has 2 rings (SSSR count). The number of carbonyl (C=O) groups is 2. The number of carbonyl (C=O) groups excluding carboxylic acids is 1. The molecule has 96 valence electrons. The number of anilines is 1. The zero-order valence-corrected chi connectivity index (χ0v) is 10.6. The van der Waals surface area contributed by atoms with Gasteiger partial charge in [0.25, 0.3) is 0 Å². The van der Waals surface area contributed by atoms with Crippen molar-refractivity contribution in [3.05, 3.63) is 24.0 Å². The standard InChI is InChI=1S/C12H14N2O3S/c15-11(9-5-1-2-7-18-9)14-8-4-3-6-13-10(8)12(16)17/h3-4,6,9H,1-2,5,7H2,(H,14,15)(H,16,17). The van der Waals surface area contributed by atoms with E-state index >= 15 is 0 Å². The molecule has 1 aromatic rings. The molecule has 2 N–H and O–H groups in total. The summed E-state index contributed by atoms with van der Waals surface area (Å²) >= 11 is 1.62. The summed E-state index contributed by atoms with van der Waals surface area (Å²) in [6, 6.07) is 3.16. The van der Waals surface area contributed by atoms with Gasteiger partial charge in [-0.2, -0.15) is 0 Å². The zero-order chi connectivity index (χ0) is 13.0. The van der Waals surface area contributed by atoms with Gasteiger partial charge in [0.1, 0.15) is 0 Å². The van der Waals surface area contributed by atoms with Crippen molar-refractivity contribution in [2.45, 2.75) is 24.5 Å². The molecule has 5 nitrogen and oxygen atoms in total. The number of carboxylic acids is 1. The lowest BCUT2D eigenvalue weighted by atomic mass is 10.1. The van der Waals surface area contributed by atoms with Gasteiger partial charge in [0.15, 0.2) is 5.69 Å². The molecule has 1 aliphatic heterocycles. The third-order valence-corrected chi connectivity index (χ3v) is 4.12. The van der Waals surface area contributed by atoms with E-state index in [1.54, 1.807) is 23.9 Å². The van der Waals surface area contributed by atoms with Crippen molar-refractivity contribution >= 4 is 29.3 Å². The number of hydrogen-bond acceptors (Lipinski definition) is 4. The summed E-state index contributed by atoms with van der Waals surface area (Å²) in [6.07, 6.45) is 4.43. The van der Waals surface area contributed by atoms with E-state index in [0.29, 0.717) is 0 Å². The first-order valence-corrected chi connectivity index (χ1v) is 6.84. The molecule has 1 saturated heterocycles. The molecule has 1 atom stereocenters. The molecule has 0 radical (unpaired) electrons. The Hall–Kier alpha value is -1.56. The van der Waals surface area contributed by atoms with Gasteiger partial charge < -0.3 is 10.4 Å². The van der Waals surface area contributed by atoms with Crippen LogP contribution in [0.2, 0.25) is 0 Å². The first kappa shape index (κ1) is 12.9. The van der Waals surface area contributed by atoms with Crippen LogP contribution in [0.4, 0.5) is 5.69 Å². The van der Waals surface area contributed by atoms with Crippen molar-refractivity contribution in [1.29, 1.82) is 0 Å². The average Bonchev–Trinajstić information content (AvgIpc) is 2.40. The number of amides is 1. The molecule has 1 aliphatic rings. The van der Waals surface area contributed by atoms with Crippen LogP contribution in [0, 0.1) is 0 Å². The maximum Gasteiger partial charge on any atom is 0.356 e. The SMILES string of the molecule is O=C(O)c1ncccc1NC(=O)C1CCCCS1. The van der Waals surface area contributed by atoms with Gasteiger partial charge in [0, 0.05) is 6.20 Å². The van der Waals surface area contributed by atoms with Crippen molar-refractivity contribution in [3.8, 4) is 0 Å². The lowest BCUT2D eigenvalue weighted by Gasteiger charge is -2.20. The van der Waals surface area contributed by atoms with E-state index in [1.165, 1.54) is 6.20 Å². The van der Waals surface area contributed by atoms with Crippen LogP contribution in [0.3, 0.4) is 0 Å². The van der Waals surface area contributed by atoms with Crippen LogP contribution in [0.25, 0.3) is 0 Å². The second-order valence-electron chi connectivity index (χ2n) is 4.05. The van der Waals surface area contributed by atoms with E-state index in [4.69, 9.17) is 5.11 Å². The van der Waals surface area contributed by atoms with Gasteiger partial charge >= 0.3 is 5.97 Å². The molecule has 1 aromatic heterocycles. The maximum atomic E-state index is 12.0. The van der Waals surface area contributed by atoms with Crippen LogP contribution in [0.1, 0.15) is 29.8 Å². The molecular formula is C12H14N2O3S. The largest absolute Gasteiger partial charge is 0.476 e. The predicted octanol–water partition coefficient (Wildman–Crippen LogP) is 2.00. The average molecular weight is 266 g/mol. The second-order valence-corrected chi connectivity index (χ2v) is 5.36. The van der Waals surface area contributed by atoms with Crippen LogP contribution in [0.15, 0.2) is 18.3 Å². The number of thioether (sulfide) groups is 1. The summed E-state index contributed by atoms with van der Waals surface area (Å²) in [7, 11) is 0. The van der Waals surface area contributed by atoms with Gasteiger partial charge in [-0.15, -0.1) is 11.8 Å². The van der Waals surface area contributed by atoms with Crippen molar-refractivity contribution in [3.63, 3.8) is 0 Å². The molecule has 0 aliphatic carbocycles. The first-order valence-electron chi connectivity index (χ1n) is 5.79. The van der Waals surface area contributed by atoms with Gasteiger partial charge in [-0.05, 0) is 30.7 Å². The van der Waals surface area contributed by atoms with Gasteiger partial charge in [0.2, 0.25) is 5.91 Å². The normalized spacial score (nSPS) is 19.2. The first-order chi connectivity index (χ1) is 8.68. The van der Waals surface area contributed by atoms with E-state index in [-0.39, 0.29) is 22.5 Å². The van der Waals surface area contributed by atoms with Gasteiger partial charge in [-0.3, -0.25) is 4.79 Å². The second kappa shape index (κ2) is 5.86. The third-order valence-electron chi connectivity index (χ3n) is 2.74. The number of pyridine rings is 1. The molecule has 6 heteroatoms. The number of carboxylic acid groups (broad SMARTS) is 1. The van der Waals surface area contributed by atoms with E-state index in [1.807, 2.05) is 0 Å². The van der Waals surface area contributed by atoms with Crippen molar-refractivity contribution in [2.24, 2.45) is 0 Å². The van der Waals surface area contributed by atoms with Crippen molar-refractivity contribution in [1.82, 2.24) is 4.98 Å². The fourth-order valence-electron chi connectivity index (χ4n) is 1.84. The maximum absolute atomic E-state index is 12.0. The molecule has 0 bridgehead atoms. The predicted molar refractivity (Wildman–Crippen MR) is 69.9 cm³/mol. The monoisotopic (exact) mass is 266 g/mol. The summed E-state index contributed by atoms with van der Waals surface area (Å²) in [5.74, 6) is -0.283. The van der Waals surface area contributed by atoms with Crippen LogP contribution >= 0.6 is 11.8 Å². The summed E-state index contributed by atoms with van der Waals surface area (Å²) in [6.45, 7) is 0. The van der Waals surface area contributed by atoms with Crippen molar-refractivity contribution < 1.29 is 14.7 Å². The molecule has 18 heavy (non-hydrogen) atoms. The Balaban J connectivity index is 2.08. The highest BCUT2D eigenvalue weighted by atomic mass is 32.2. The van der Waals surface area contributed by atoms with Crippen molar-refractivity contribution in [2.75, 3.05) is 11.1 Å². The Morgan fingerprint density at radius 3 is 2.94 bits per heavy atom. The lowest BCUT2D eigenvalue weighted by molar-refractivity contribution is -0.115. The molecule has 0 spiro atoms. The fourth-order valence-corrected chi connectivity index (χ4v) is 3.04. The number of hydrogen-bond donors (Lipinski definition) is 2. The molecule has 1 fully saturated rings. The van der Waals surface area contributed by atoms with Gasteiger partial charge in [0.05, 0.1) is 10.9 Å². The lowest BCUT2D eigenvalue weighted by Crippen LogP contribution is -2.28. The zero-order valence-electron chi connectivity index (χ0n) is 9.76. The molecule has 0 saturated carbocycles. The van der Waals surface area contributed by atoms with Gasteiger partial charge in [-0.25, -0.2) is 9.78 Å². The minimum Gasteiger partial charge on any atom is -0.476 e. The van der Waals surface area contributed by atoms with Gasteiger partial charge in [-0.1, -0.05) is 6.42 Å². The van der Waals surface area contributed by atoms with E-state index in [9.17, 15) is 9.59 Å². The van der Waals surface area contributed by atoms with Crippen LogP contribution in [-0.4, -0.2) is 33.0 Å². The molecule has 1 unspecified atom stereocenters. The number of aromatic carboxylic acids is 1. The molecule has 1 amide bonds. The van der Waals surface area contributed by atoms with E-state index in [2.05, 4.69) is 10.3 Å². The summed E-state index contributed by atoms with van der Waals surface area (Å²) in [4.78, 5) is 26.7. The highest BCUT2D eigenvalue weighted by molar-refractivity contribution is 8.00. The van der Waals surface area contributed by atoms with Crippen LogP contribution in [-0.2, 0) is 4.79 Å². The molecule has 0 aromatic carbocycles. The fraction of sp³-hybridized carbons (Fsp3) is 0.417. The smallest absolute Gasteiger partial charge is 0.356 e. The highest BCUT2D eigenvalue weighted by Gasteiger charge is 2.23. The number of nitrogens with zero attached hydrogens (tertiary/aromatic N) is 1. The molecule has 2 heterocycles. The summed E-state index contributed by atoms with van der Waals surface area (Å²) in [5.41, 5.74) is 0.146. The topological polar surface area (TPSA) is 79.3 Å². The third kappa shape index (κ3) is 3.01.